The summed E-state index contributed by atoms with van der Waals surface area (Å²) in [5.41, 5.74) is 0.923. The Hall–Kier alpha value is -2.01. The molecule has 0 aliphatic carbocycles. The minimum Gasteiger partial charge on any atom is -0.325 e. The molecule has 1 aromatic carbocycles. The molecule has 26 heavy (non-hydrogen) atoms. The topological polar surface area (TPSA) is 96.3 Å². The number of nitrogens with one attached hydrogen (secondary N) is 2. The van der Waals surface area contributed by atoms with Crippen LogP contribution < -0.4 is 10.0 Å². The van der Waals surface area contributed by atoms with Crippen LogP contribution in [0.2, 0.25) is 5.02 Å². The molecule has 0 saturated carbocycles. The third kappa shape index (κ3) is 3.58. The van der Waals surface area contributed by atoms with Crippen LogP contribution in [0.3, 0.4) is 0 Å². The van der Waals surface area contributed by atoms with Crippen molar-refractivity contribution < 1.29 is 17.6 Å². The minimum absolute atomic E-state index is 0.137. The normalized spacial score (nSPS) is 22.9. The van der Waals surface area contributed by atoms with E-state index >= 15 is 0 Å². The lowest BCUT2D eigenvalue weighted by atomic mass is 10.0. The van der Waals surface area contributed by atoms with Gasteiger partial charge in [0.05, 0.1) is 16.8 Å². The van der Waals surface area contributed by atoms with E-state index in [0.29, 0.717) is 5.69 Å². The Bertz CT molecular complexity index is 949. The Morgan fingerprint density at radius 2 is 2.12 bits per heavy atom. The van der Waals surface area contributed by atoms with Gasteiger partial charge in [-0.1, -0.05) is 11.6 Å². The van der Waals surface area contributed by atoms with Crippen LogP contribution >= 0.6 is 11.6 Å². The van der Waals surface area contributed by atoms with Gasteiger partial charge in [-0.05, 0) is 30.7 Å². The van der Waals surface area contributed by atoms with Crippen molar-refractivity contribution in [1.29, 1.82) is 0 Å². The second-order valence-corrected chi connectivity index (χ2v) is 8.11. The summed E-state index contributed by atoms with van der Waals surface area (Å²) in [6.07, 6.45) is 1.76. The third-order valence-corrected chi connectivity index (χ3v) is 6.16. The predicted molar refractivity (Wildman–Crippen MR) is 94.2 cm³/mol. The van der Waals surface area contributed by atoms with E-state index in [2.05, 4.69) is 15.1 Å². The summed E-state index contributed by atoms with van der Waals surface area (Å²) in [5.74, 6) is -1.14. The molecule has 2 aromatic rings. The predicted octanol–water partition coefficient (Wildman–Crippen LogP) is 1.43. The van der Waals surface area contributed by atoms with Crippen LogP contribution in [0, 0.1) is 5.82 Å². The summed E-state index contributed by atoms with van der Waals surface area (Å²) in [6, 6.07) is 3.88. The summed E-state index contributed by atoms with van der Waals surface area (Å²) in [6.45, 7) is 0. The molecule has 0 bridgehead atoms. The van der Waals surface area contributed by atoms with Crippen molar-refractivity contribution in [3.63, 3.8) is 0 Å². The van der Waals surface area contributed by atoms with Crippen LogP contribution in [0.5, 0.6) is 0 Å². The van der Waals surface area contributed by atoms with Crippen molar-refractivity contribution in [3.8, 4) is 0 Å². The third-order valence-electron chi connectivity index (χ3n) is 4.27. The smallest absolute Gasteiger partial charge is 0.280 e. The first-order valence-corrected chi connectivity index (χ1v) is 9.50. The average Bonchev–Trinajstić information content (AvgIpc) is 2.99. The Morgan fingerprint density at radius 1 is 1.38 bits per heavy atom. The lowest BCUT2D eigenvalue weighted by Crippen LogP contribution is -2.56. The summed E-state index contributed by atoms with van der Waals surface area (Å²) in [7, 11) is -0.844. The highest BCUT2D eigenvalue weighted by Crippen LogP contribution is 2.28. The molecule has 2 N–H and O–H groups in total. The van der Waals surface area contributed by atoms with Crippen molar-refractivity contribution in [2.24, 2.45) is 7.05 Å². The maximum atomic E-state index is 13.3. The number of nitrogens with zero attached hydrogens (tertiary/aromatic N) is 3. The number of rotatable bonds is 3. The van der Waals surface area contributed by atoms with Gasteiger partial charge in [-0.25, -0.2) is 4.39 Å². The first kappa shape index (κ1) is 18.8. The van der Waals surface area contributed by atoms with Gasteiger partial charge in [-0.3, -0.25) is 9.48 Å². The molecule has 1 aliphatic heterocycles. The van der Waals surface area contributed by atoms with Crippen LogP contribution in [0.4, 0.5) is 10.1 Å². The molecule has 11 heteroatoms. The number of carbonyl (C=O) groups excluding carboxylic acids is 1. The van der Waals surface area contributed by atoms with E-state index in [1.165, 1.54) is 19.2 Å². The van der Waals surface area contributed by atoms with Crippen molar-refractivity contribution >= 4 is 33.4 Å². The molecule has 1 fully saturated rings. The average molecular weight is 402 g/mol. The van der Waals surface area contributed by atoms with E-state index in [-0.39, 0.29) is 17.1 Å². The number of likely N-dealkylation sites (N-methyl/N-ethyl adjacent to an activating group) is 1. The number of halogens is 2. The van der Waals surface area contributed by atoms with E-state index in [0.717, 1.165) is 10.4 Å². The zero-order chi connectivity index (χ0) is 19.1. The van der Waals surface area contributed by atoms with Gasteiger partial charge >= 0.3 is 0 Å². The van der Waals surface area contributed by atoms with Crippen LogP contribution in [0.1, 0.15) is 18.2 Å². The van der Waals surface area contributed by atoms with E-state index < -0.39 is 34.0 Å². The lowest BCUT2D eigenvalue weighted by molar-refractivity contribution is -0.120. The quantitative estimate of drug-likeness (QED) is 0.813. The molecule has 140 valence electrons. The van der Waals surface area contributed by atoms with Gasteiger partial charge in [0.25, 0.3) is 10.2 Å². The summed E-state index contributed by atoms with van der Waals surface area (Å²) >= 11 is 5.71. The molecule has 0 spiro atoms. The second-order valence-electron chi connectivity index (χ2n) is 5.94. The van der Waals surface area contributed by atoms with Crippen molar-refractivity contribution in [2.75, 3.05) is 12.4 Å². The first-order valence-electron chi connectivity index (χ1n) is 7.68. The lowest BCUT2D eigenvalue weighted by Gasteiger charge is -2.36. The number of benzene rings is 1. The zero-order valence-corrected chi connectivity index (χ0v) is 15.6. The molecular weight excluding hydrogens is 385 g/mol. The molecule has 2 unspecified atom stereocenters. The second kappa shape index (κ2) is 6.95. The van der Waals surface area contributed by atoms with Crippen molar-refractivity contribution in [2.45, 2.75) is 18.5 Å². The molecule has 1 saturated heterocycles. The van der Waals surface area contributed by atoms with E-state index in [9.17, 15) is 17.6 Å². The Labute approximate surface area is 155 Å². The van der Waals surface area contributed by atoms with Gasteiger partial charge in [0.15, 0.2) is 0 Å². The van der Waals surface area contributed by atoms with Crippen LogP contribution in [-0.2, 0) is 22.1 Å². The molecule has 8 nitrogen and oxygen atoms in total. The van der Waals surface area contributed by atoms with Crippen LogP contribution in [0.15, 0.2) is 30.5 Å². The molecule has 1 aromatic heterocycles. The van der Waals surface area contributed by atoms with Crippen LogP contribution in [-0.4, -0.2) is 41.5 Å². The molecule has 2 atom stereocenters. The fourth-order valence-corrected chi connectivity index (χ4v) is 4.27. The highest BCUT2D eigenvalue weighted by molar-refractivity contribution is 7.87. The SMILES string of the molecule is CN1C(C(=O)Nc2ccc(F)c(Cl)c2)CC(c2ccnn2C)NS1(=O)=O. The first-order chi connectivity index (χ1) is 12.2. The Balaban J connectivity index is 1.85. The standard InChI is InChI=1S/C15H17ClFN5O3S/c1-21-13(5-6-18-21)12-8-14(22(2)26(24,25)20-12)15(23)19-9-3-4-11(17)10(16)7-9/h3-7,12,14,20H,8H2,1-2H3,(H,19,23). The van der Waals surface area contributed by atoms with E-state index in [4.69, 9.17) is 11.6 Å². The molecule has 1 amide bonds. The van der Waals surface area contributed by atoms with Crippen molar-refractivity contribution in [3.05, 3.63) is 47.0 Å². The number of carbonyl (C=O) groups is 1. The highest BCUT2D eigenvalue weighted by Gasteiger charge is 2.41. The zero-order valence-electron chi connectivity index (χ0n) is 14.0. The maximum Gasteiger partial charge on any atom is 0.280 e. The number of amides is 1. The number of hydrogen-bond acceptors (Lipinski definition) is 4. The fourth-order valence-electron chi connectivity index (χ4n) is 2.83. The van der Waals surface area contributed by atoms with Gasteiger partial charge < -0.3 is 5.32 Å². The summed E-state index contributed by atoms with van der Waals surface area (Å²) in [5, 5.41) is 6.48. The Morgan fingerprint density at radius 3 is 2.73 bits per heavy atom. The number of hydrogen-bond donors (Lipinski definition) is 2. The van der Waals surface area contributed by atoms with Gasteiger partial charge in [-0.2, -0.15) is 22.5 Å². The monoisotopic (exact) mass is 401 g/mol. The van der Waals surface area contributed by atoms with Crippen molar-refractivity contribution in [1.82, 2.24) is 18.8 Å². The fraction of sp³-hybridized carbons (Fsp3) is 0.333. The summed E-state index contributed by atoms with van der Waals surface area (Å²) < 4.78 is 43.1. The Kier molecular flexibility index (Phi) is 5.02. The molecule has 2 heterocycles. The van der Waals surface area contributed by atoms with E-state index in [1.807, 2.05) is 0 Å². The largest absolute Gasteiger partial charge is 0.325 e. The van der Waals surface area contributed by atoms with Gasteiger partial charge in [-0.15, -0.1) is 0 Å². The maximum absolute atomic E-state index is 13.3. The van der Waals surface area contributed by atoms with Crippen LogP contribution in [0.25, 0.3) is 0 Å². The molecular formula is C15H17ClFN5O3S. The number of aromatic nitrogens is 2. The highest BCUT2D eigenvalue weighted by atomic mass is 35.5. The minimum atomic E-state index is -3.86. The molecule has 3 rings (SSSR count). The van der Waals surface area contributed by atoms with Gasteiger partial charge in [0.1, 0.15) is 11.9 Å². The van der Waals surface area contributed by atoms with Gasteiger partial charge in [0, 0.05) is 26.0 Å². The van der Waals surface area contributed by atoms with Gasteiger partial charge in [0.2, 0.25) is 5.91 Å². The number of aryl methyl sites for hydroxylation is 1. The summed E-state index contributed by atoms with van der Waals surface area (Å²) in [4.78, 5) is 12.7. The molecule has 0 radical (unpaired) electrons. The molecule has 1 aliphatic rings. The van der Waals surface area contributed by atoms with E-state index in [1.54, 1.807) is 24.0 Å². The number of anilines is 1.